The molecule has 1 spiro atoms. The van der Waals surface area contributed by atoms with Gasteiger partial charge in [-0.05, 0) is 42.1 Å². The molecule has 0 heterocycles. The van der Waals surface area contributed by atoms with Crippen molar-refractivity contribution in [1.29, 1.82) is 0 Å². The van der Waals surface area contributed by atoms with Crippen LogP contribution in [0, 0.1) is 34.5 Å². The van der Waals surface area contributed by atoms with Crippen LogP contribution in [0.25, 0.3) is 0 Å². The zero-order valence-electron chi connectivity index (χ0n) is 20.8. The maximum atomic E-state index is 14.4. The summed E-state index contributed by atoms with van der Waals surface area (Å²) in [7, 11) is 0. The number of ketones is 1. The zero-order valence-corrected chi connectivity index (χ0v) is 20.8. The molecule has 4 rings (SSSR count). The third kappa shape index (κ3) is 3.21. The second-order valence-electron chi connectivity index (χ2n) is 11.1. The van der Waals surface area contributed by atoms with Crippen LogP contribution < -0.4 is 0 Å². The lowest BCUT2D eigenvalue weighted by atomic mass is 9.59. The molecule has 4 aliphatic rings. The molecule has 8 unspecified atom stereocenters. The lowest BCUT2D eigenvalue weighted by Crippen LogP contribution is -2.66. The number of Topliss-reactive ketones (excluding diaryl/α,β-unsaturated/α-hetero) is 1. The summed E-state index contributed by atoms with van der Waals surface area (Å²) in [5.74, 6) is -2.61. The van der Waals surface area contributed by atoms with Crippen LogP contribution in [0.1, 0.15) is 54.9 Å². The van der Waals surface area contributed by atoms with E-state index < -0.39 is 47.0 Å². The molecule has 2 bridgehead atoms. The first-order valence-electron chi connectivity index (χ1n) is 11.8. The normalized spacial score (nSPS) is 41.6. The van der Waals surface area contributed by atoms with E-state index in [-0.39, 0.29) is 35.6 Å². The van der Waals surface area contributed by atoms with E-state index in [0.29, 0.717) is 17.6 Å². The number of hydrogen-bond donors (Lipinski definition) is 1. The Balaban J connectivity index is 1.99. The molecule has 0 amide bonds. The van der Waals surface area contributed by atoms with Gasteiger partial charge in [0.1, 0.15) is 6.61 Å². The van der Waals surface area contributed by atoms with Crippen molar-refractivity contribution in [1.82, 2.24) is 0 Å². The van der Waals surface area contributed by atoms with Crippen LogP contribution in [0.5, 0.6) is 0 Å². The largest absolute Gasteiger partial charge is 0.461 e. The monoisotopic (exact) mass is 474 g/mol. The summed E-state index contributed by atoms with van der Waals surface area (Å²) in [6.07, 6.45) is 1.60. The number of rotatable bonds is 4. The molecule has 0 aromatic carbocycles. The molecule has 8 heteroatoms. The molecule has 4 aliphatic carbocycles. The summed E-state index contributed by atoms with van der Waals surface area (Å²) >= 11 is 0. The van der Waals surface area contributed by atoms with Gasteiger partial charge in [0, 0.05) is 32.3 Å². The maximum Gasteiger partial charge on any atom is 0.303 e. The summed E-state index contributed by atoms with van der Waals surface area (Å²) in [6.45, 7) is 11.4. The molecular formula is C26H34O8. The number of hydrogen-bond acceptors (Lipinski definition) is 8. The van der Waals surface area contributed by atoms with E-state index in [1.807, 2.05) is 6.92 Å². The Morgan fingerprint density at radius 1 is 1.06 bits per heavy atom. The van der Waals surface area contributed by atoms with Gasteiger partial charge in [-0.1, -0.05) is 32.9 Å². The molecule has 0 aromatic heterocycles. The predicted octanol–water partition coefficient (Wildman–Crippen LogP) is 2.53. The van der Waals surface area contributed by atoms with E-state index in [1.54, 1.807) is 19.1 Å². The SMILES string of the molecule is CC(=O)OCC1=CC2C(=O)C3(C=C(C)C(OC(C)=O)C3(O)C1OC(C)=O)C(C)CC1C2C1(C)C. The Morgan fingerprint density at radius 3 is 2.21 bits per heavy atom. The smallest absolute Gasteiger partial charge is 0.303 e. The van der Waals surface area contributed by atoms with E-state index >= 15 is 0 Å². The van der Waals surface area contributed by atoms with Crippen molar-refractivity contribution >= 4 is 23.7 Å². The topological polar surface area (TPSA) is 116 Å². The lowest BCUT2D eigenvalue weighted by Gasteiger charge is -2.49. The lowest BCUT2D eigenvalue weighted by molar-refractivity contribution is -0.211. The fraction of sp³-hybridized carbons (Fsp3) is 0.692. The number of fused-ring (bicyclic) bond motifs is 3. The first-order chi connectivity index (χ1) is 15.7. The summed E-state index contributed by atoms with van der Waals surface area (Å²) < 4.78 is 16.6. The van der Waals surface area contributed by atoms with Crippen molar-refractivity contribution in [2.24, 2.45) is 34.5 Å². The molecule has 0 saturated heterocycles. The quantitative estimate of drug-likeness (QED) is 0.375. The van der Waals surface area contributed by atoms with E-state index in [4.69, 9.17) is 14.2 Å². The summed E-state index contributed by atoms with van der Waals surface area (Å²) in [6, 6.07) is 0. The first-order valence-corrected chi connectivity index (χ1v) is 11.8. The Labute approximate surface area is 199 Å². The molecule has 2 saturated carbocycles. The van der Waals surface area contributed by atoms with Gasteiger partial charge in [-0.15, -0.1) is 0 Å². The van der Waals surface area contributed by atoms with Crippen molar-refractivity contribution in [2.45, 2.75) is 72.7 Å². The highest BCUT2D eigenvalue weighted by Gasteiger charge is 2.77. The van der Waals surface area contributed by atoms with Crippen molar-refractivity contribution in [3.05, 3.63) is 23.3 Å². The molecule has 186 valence electrons. The Hall–Kier alpha value is -2.48. The van der Waals surface area contributed by atoms with Gasteiger partial charge in [-0.3, -0.25) is 19.2 Å². The number of allylic oxidation sites excluding steroid dienone is 1. The minimum atomic E-state index is -2.09. The number of aliphatic hydroxyl groups is 1. The molecule has 8 nitrogen and oxygen atoms in total. The molecule has 0 radical (unpaired) electrons. The minimum Gasteiger partial charge on any atom is -0.461 e. The van der Waals surface area contributed by atoms with Crippen LogP contribution in [0.15, 0.2) is 23.3 Å². The molecule has 34 heavy (non-hydrogen) atoms. The highest BCUT2D eigenvalue weighted by Crippen LogP contribution is 2.71. The standard InChI is InChI=1S/C26H34O8/c1-12-10-25-13(2)8-19-20(24(19,6)7)18(21(25)30)9-17(11-32-14(3)27)23(34-16(5)29)26(25,31)22(12)33-15(4)28/h9-10,13,18-20,22-23,31H,8,11H2,1-7H3. The molecule has 2 fully saturated rings. The number of ether oxygens (including phenoxy) is 3. The van der Waals surface area contributed by atoms with Gasteiger partial charge in [0.2, 0.25) is 0 Å². The molecule has 1 N–H and O–H groups in total. The van der Waals surface area contributed by atoms with Crippen molar-refractivity contribution < 1.29 is 38.5 Å². The van der Waals surface area contributed by atoms with Crippen molar-refractivity contribution in [3.8, 4) is 0 Å². The highest BCUT2D eigenvalue weighted by atomic mass is 16.6. The van der Waals surface area contributed by atoms with Crippen molar-refractivity contribution in [3.63, 3.8) is 0 Å². The van der Waals surface area contributed by atoms with Crippen LogP contribution in [0.4, 0.5) is 0 Å². The molecule has 8 atom stereocenters. The van der Waals surface area contributed by atoms with E-state index in [1.165, 1.54) is 20.8 Å². The highest BCUT2D eigenvalue weighted by molar-refractivity contribution is 5.95. The van der Waals surface area contributed by atoms with E-state index in [9.17, 15) is 24.3 Å². The number of esters is 3. The van der Waals surface area contributed by atoms with Gasteiger partial charge in [0.15, 0.2) is 23.6 Å². The predicted molar refractivity (Wildman–Crippen MR) is 120 cm³/mol. The Bertz CT molecular complexity index is 1020. The molecule has 0 aliphatic heterocycles. The van der Waals surface area contributed by atoms with Crippen LogP contribution >= 0.6 is 0 Å². The average molecular weight is 475 g/mol. The summed E-state index contributed by atoms with van der Waals surface area (Å²) in [5.41, 5.74) is -2.76. The second kappa shape index (κ2) is 7.77. The van der Waals surface area contributed by atoms with Crippen LogP contribution in [-0.4, -0.2) is 53.2 Å². The van der Waals surface area contributed by atoms with Gasteiger partial charge in [-0.25, -0.2) is 0 Å². The second-order valence-corrected chi connectivity index (χ2v) is 11.1. The van der Waals surface area contributed by atoms with Gasteiger partial charge < -0.3 is 19.3 Å². The summed E-state index contributed by atoms with van der Waals surface area (Å²) in [4.78, 5) is 50.5. The third-order valence-corrected chi connectivity index (χ3v) is 8.69. The van der Waals surface area contributed by atoms with Gasteiger partial charge in [0.05, 0.1) is 5.41 Å². The zero-order chi connectivity index (χ0) is 25.4. The van der Waals surface area contributed by atoms with Gasteiger partial charge in [-0.2, -0.15) is 0 Å². The fourth-order valence-corrected chi connectivity index (χ4v) is 7.24. The van der Waals surface area contributed by atoms with Crippen molar-refractivity contribution in [2.75, 3.05) is 6.61 Å². The van der Waals surface area contributed by atoms with E-state index in [0.717, 1.165) is 0 Å². The molecular weight excluding hydrogens is 440 g/mol. The fourth-order valence-electron chi connectivity index (χ4n) is 7.24. The Kier molecular flexibility index (Phi) is 5.63. The maximum absolute atomic E-state index is 14.4. The van der Waals surface area contributed by atoms with Crippen LogP contribution in [0.2, 0.25) is 0 Å². The molecule has 0 aromatic rings. The van der Waals surface area contributed by atoms with Crippen LogP contribution in [0.3, 0.4) is 0 Å². The number of carbonyl (C=O) groups is 4. The number of carbonyl (C=O) groups excluding carboxylic acids is 4. The first kappa shape index (κ1) is 24.6. The minimum absolute atomic E-state index is 0.0379. The van der Waals surface area contributed by atoms with Gasteiger partial charge >= 0.3 is 17.9 Å². The average Bonchev–Trinajstić information content (AvgIpc) is 3.20. The van der Waals surface area contributed by atoms with E-state index in [2.05, 4.69) is 13.8 Å². The Morgan fingerprint density at radius 2 is 1.65 bits per heavy atom. The van der Waals surface area contributed by atoms with Gasteiger partial charge in [0.25, 0.3) is 0 Å². The third-order valence-electron chi connectivity index (χ3n) is 8.69. The van der Waals surface area contributed by atoms with Crippen LogP contribution in [-0.2, 0) is 33.4 Å². The summed E-state index contributed by atoms with van der Waals surface area (Å²) in [5, 5.41) is 12.6.